The van der Waals surface area contributed by atoms with Crippen LogP contribution in [-0.4, -0.2) is 39.1 Å². The summed E-state index contributed by atoms with van der Waals surface area (Å²) in [6, 6.07) is 9.90. The summed E-state index contributed by atoms with van der Waals surface area (Å²) in [6.45, 7) is 0.568. The smallest absolute Gasteiger partial charge is 0.251 e. The second kappa shape index (κ2) is 10.0. The molecule has 2 N–H and O–H groups in total. The summed E-state index contributed by atoms with van der Waals surface area (Å²) >= 11 is 11.7. The van der Waals surface area contributed by atoms with Crippen LogP contribution in [0.25, 0.3) is 0 Å². The molecule has 0 heterocycles. The molecule has 0 atom stereocenters. The number of carbonyl (C=O) groups is 2. The second-order valence-corrected chi connectivity index (χ2v) is 6.40. The predicted octanol–water partition coefficient (Wildman–Crippen LogP) is 3.10. The fraction of sp³-hybridized carbons (Fsp3) is 0.263. The summed E-state index contributed by atoms with van der Waals surface area (Å²) in [5.41, 5.74) is 1.12. The van der Waals surface area contributed by atoms with Gasteiger partial charge in [0.1, 0.15) is 11.5 Å². The Morgan fingerprint density at radius 1 is 0.926 bits per heavy atom. The largest absolute Gasteiger partial charge is 0.497 e. The van der Waals surface area contributed by atoms with Crippen molar-refractivity contribution in [1.82, 2.24) is 10.6 Å². The average Bonchev–Trinajstić information content (AvgIpc) is 2.67. The molecular weight excluding hydrogens is 391 g/mol. The van der Waals surface area contributed by atoms with Gasteiger partial charge >= 0.3 is 0 Å². The summed E-state index contributed by atoms with van der Waals surface area (Å²) in [5, 5.41) is 6.15. The van der Waals surface area contributed by atoms with Crippen molar-refractivity contribution in [2.75, 3.05) is 27.3 Å². The van der Waals surface area contributed by atoms with Crippen LogP contribution in [-0.2, 0) is 11.2 Å². The van der Waals surface area contributed by atoms with Gasteiger partial charge in [-0.15, -0.1) is 0 Å². The van der Waals surface area contributed by atoms with Gasteiger partial charge in [0.05, 0.1) is 30.7 Å². The number of methoxy groups -OCH3 is 2. The molecule has 0 unspecified atom stereocenters. The summed E-state index contributed by atoms with van der Waals surface area (Å²) < 4.78 is 10.4. The Labute approximate surface area is 167 Å². The molecule has 8 heteroatoms. The summed E-state index contributed by atoms with van der Waals surface area (Å²) in [5.74, 6) is 0.772. The van der Waals surface area contributed by atoms with E-state index in [9.17, 15) is 9.59 Å². The molecule has 144 valence electrons. The Bertz CT molecular complexity index is 827. The number of nitrogens with one attached hydrogen (secondary N) is 2. The highest BCUT2D eigenvalue weighted by Crippen LogP contribution is 2.24. The van der Waals surface area contributed by atoms with Gasteiger partial charge in [-0.25, -0.2) is 0 Å². The third-order valence-corrected chi connectivity index (χ3v) is 4.49. The maximum Gasteiger partial charge on any atom is 0.251 e. The van der Waals surface area contributed by atoms with Gasteiger partial charge in [0.15, 0.2) is 0 Å². The van der Waals surface area contributed by atoms with E-state index in [-0.39, 0.29) is 31.3 Å². The topological polar surface area (TPSA) is 76.7 Å². The van der Waals surface area contributed by atoms with E-state index in [0.717, 1.165) is 0 Å². The lowest BCUT2D eigenvalue weighted by Gasteiger charge is -2.11. The molecule has 0 aliphatic heterocycles. The normalized spacial score (nSPS) is 10.2. The zero-order valence-corrected chi connectivity index (χ0v) is 16.5. The average molecular weight is 411 g/mol. The zero-order chi connectivity index (χ0) is 19.8. The van der Waals surface area contributed by atoms with Gasteiger partial charge in [-0.05, 0) is 36.4 Å². The van der Waals surface area contributed by atoms with E-state index in [2.05, 4.69) is 10.6 Å². The second-order valence-electron chi connectivity index (χ2n) is 5.59. The molecule has 0 aliphatic rings. The number of rotatable bonds is 8. The minimum atomic E-state index is -0.294. The summed E-state index contributed by atoms with van der Waals surface area (Å²) in [7, 11) is 3.10. The molecule has 6 nitrogen and oxygen atoms in total. The third kappa shape index (κ3) is 6.05. The summed E-state index contributed by atoms with van der Waals surface area (Å²) in [4.78, 5) is 24.2. The standard InChI is InChI=1S/C19H20Cl2N2O4/c1-26-14-4-6-17(27-2)13(9-14)11-18(24)22-7-8-23-19(25)12-3-5-15(20)16(21)10-12/h3-6,9-10H,7-8,11H2,1-2H3,(H,22,24)(H,23,25). The van der Waals surface area contributed by atoms with Crippen LogP contribution in [0, 0.1) is 0 Å². The first-order valence-corrected chi connectivity index (χ1v) is 8.91. The van der Waals surface area contributed by atoms with Gasteiger partial charge in [-0.3, -0.25) is 9.59 Å². The molecule has 2 aromatic rings. The van der Waals surface area contributed by atoms with Gasteiger partial charge in [-0.2, -0.15) is 0 Å². The third-order valence-electron chi connectivity index (χ3n) is 3.75. The van der Waals surface area contributed by atoms with Gasteiger partial charge in [0.25, 0.3) is 5.91 Å². The first kappa shape index (κ1) is 20.9. The van der Waals surface area contributed by atoms with Gasteiger partial charge in [-0.1, -0.05) is 23.2 Å². The van der Waals surface area contributed by atoms with Crippen LogP contribution in [0.15, 0.2) is 36.4 Å². The van der Waals surface area contributed by atoms with Crippen molar-refractivity contribution < 1.29 is 19.1 Å². The number of halogens is 2. The van der Waals surface area contributed by atoms with Gasteiger partial charge in [0.2, 0.25) is 5.91 Å². The maximum absolute atomic E-state index is 12.1. The first-order valence-electron chi connectivity index (χ1n) is 8.15. The molecule has 0 bridgehead atoms. The minimum absolute atomic E-state index is 0.140. The lowest BCUT2D eigenvalue weighted by Crippen LogP contribution is -2.35. The number of benzene rings is 2. The lowest BCUT2D eigenvalue weighted by molar-refractivity contribution is -0.120. The SMILES string of the molecule is COc1ccc(OC)c(CC(=O)NCCNC(=O)c2ccc(Cl)c(Cl)c2)c1. The number of amides is 2. The first-order chi connectivity index (χ1) is 12.9. The molecule has 0 saturated heterocycles. The molecule has 0 radical (unpaired) electrons. The number of hydrogen-bond acceptors (Lipinski definition) is 4. The molecule has 2 amide bonds. The van der Waals surface area contributed by atoms with Crippen molar-refractivity contribution in [2.45, 2.75) is 6.42 Å². The Kier molecular flexibility index (Phi) is 7.76. The molecule has 0 aliphatic carbocycles. The van der Waals surface area contributed by atoms with Crippen molar-refractivity contribution in [3.63, 3.8) is 0 Å². The summed E-state index contributed by atoms with van der Waals surface area (Å²) in [6.07, 6.45) is 0.140. The molecule has 2 aromatic carbocycles. The highest BCUT2D eigenvalue weighted by molar-refractivity contribution is 6.42. The molecule has 0 fully saturated rings. The van der Waals surface area contributed by atoms with Crippen LogP contribution < -0.4 is 20.1 Å². The Balaban J connectivity index is 1.81. The van der Waals surface area contributed by atoms with Crippen molar-refractivity contribution in [3.05, 3.63) is 57.6 Å². The molecule has 2 rings (SSSR count). The number of carbonyl (C=O) groups excluding carboxylic acids is 2. The van der Waals surface area contributed by atoms with E-state index in [4.69, 9.17) is 32.7 Å². The van der Waals surface area contributed by atoms with Crippen molar-refractivity contribution in [3.8, 4) is 11.5 Å². The highest BCUT2D eigenvalue weighted by atomic mass is 35.5. The fourth-order valence-electron chi connectivity index (χ4n) is 2.37. The molecule has 27 heavy (non-hydrogen) atoms. The van der Waals surface area contributed by atoms with Crippen LogP contribution in [0.4, 0.5) is 0 Å². The lowest BCUT2D eigenvalue weighted by atomic mass is 10.1. The predicted molar refractivity (Wildman–Crippen MR) is 105 cm³/mol. The monoisotopic (exact) mass is 410 g/mol. The van der Waals surface area contributed by atoms with Crippen LogP contribution in [0.2, 0.25) is 10.0 Å². The van der Waals surface area contributed by atoms with E-state index in [1.807, 2.05) is 0 Å². The maximum atomic E-state index is 12.1. The van der Waals surface area contributed by atoms with Crippen molar-refractivity contribution in [2.24, 2.45) is 0 Å². The van der Waals surface area contributed by atoms with Crippen molar-refractivity contribution >= 4 is 35.0 Å². The van der Waals surface area contributed by atoms with Gasteiger partial charge < -0.3 is 20.1 Å². The van der Waals surface area contributed by atoms with Crippen LogP contribution in [0.5, 0.6) is 11.5 Å². The quantitative estimate of drug-likeness (QED) is 0.655. The molecular formula is C19H20Cl2N2O4. The van der Waals surface area contributed by atoms with Crippen LogP contribution in [0.1, 0.15) is 15.9 Å². The van der Waals surface area contributed by atoms with E-state index in [0.29, 0.717) is 32.7 Å². The fourth-order valence-corrected chi connectivity index (χ4v) is 2.67. The van der Waals surface area contributed by atoms with E-state index >= 15 is 0 Å². The molecule has 0 aromatic heterocycles. The van der Waals surface area contributed by atoms with E-state index in [1.165, 1.54) is 6.07 Å². The molecule has 0 saturated carbocycles. The molecule has 0 spiro atoms. The Morgan fingerprint density at radius 3 is 2.33 bits per heavy atom. The highest BCUT2D eigenvalue weighted by Gasteiger charge is 2.11. The Hall–Kier alpha value is -2.44. The zero-order valence-electron chi connectivity index (χ0n) is 15.0. The van der Waals surface area contributed by atoms with E-state index in [1.54, 1.807) is 44.6 Å². The Morgan fingerprint density at radius 2 is 1.67 bits per heavy atom. The van der Waals surface area contributed by atoms with Gasteiger partial charge in [0, 0.05) is 24.2 Å². The van der Waals surface area contributed by atoms with Crippen molar-refractivity contribution in [1.29, 1.82) is 0 Å². The van der Waals surface area contributed by atoms with Crippen LogP contribution in [0.3, 0.4) is 0 Å². The van der Waals surface area contributed by atoms with Crippen LogP contribution >= 0.6 is 23.2 Å². The number of hydrogen-bond donors (Lipinski definition) is 2. The number of ether oxygens (including phenoxy) is 2. The minimum Gasteiger partial charge on any atom is -0.497 e. The van der Waals surface area contributed by atoms with E-state index < -0.39 is 0 Å².